The van der Waals surface area contributed by atoms with E-state index in [-0.39, 0.29) is 5.91 Å². The molecule has 0 unspecified atom stereocenters. The van der Waals surface area contributed by atoms with E-state index in [4.69, 9.17) is 4.74 Å². The zero-order valence-electron chi connectivity index (χ0n) is 15.2. The van der Waals surface area contributed by atoms with E-state index in [2.05, 4.69) is 5.32 Å². The predicted octanol–water partition coefficient (Wildman–Crippen LogP) is 3.98. The Labute approximate surface area is 158 Å². The highest BCUT2D eigenvalue weighted by Gasteiger charge is 2.16. The first-order chi connectivity index (χ1) is 12.5. The number of hydrogen-bond donors (Lipinski definition) is 1. The monoisotopic (exact) mass is 369 g/mol. The van der Waals surface area contributed by atoms with Gasteiger partial charge in [0.1, 0.15) is 0 Å². The smallest absolute Gasteiger partial charge is 0.331 e. The first-order valence-electron chi connectivity index (χ1n) is 8.34. The van der Waals surface area contributed by atoms with Crippen molar-refractivity contribution >= 4 is 29.7 Å². The summed E-state index contributed by atoms with van der Waals surface area (Å²) < 4.78 is 5.14. The zero-order chi connectivity index (χ0) is 18.9. The molecule has 4 nitrogen and oxygen atoms in total. The van der Waals surface area contributed by atoms with E-state index in [0.29, 0.717) is 6.54 Å². The van der Waals surface area contributed by atoms with Crippen LogP contribution >= 0.6 is 11.8 Å². The molecule has 1 atom stereocenters. The molecule has 5 heteroatoms. The molecular weight excluding hydrogens is 346 g/mol. The minimum atomic E-state index is -0.850. The van der Waals surface area contributed by atoms with Gasteiger partial charge in [0.15, 0.2) is 6.10 Å². The Hall–Kier alpha value is -2.53. The van der Waals surface area contributed by atoms with Gasteiger partial charge in [-0.1, -0.05) is 42.0 Å². The Bertz CT molecular complexity index is 767. The van der Waals surface area contributed by atoms with Crippen LogP contribution in [0.15, 0.2) is 59.5 Å². The van der Waals surface area contributed by atoms with Gasteiger partial charge in [-0.15, -0.1) is 11.8 Å². The Morgan fingerprint density at radius 1 is 1.12 bits per heavy atom. The van der Waals surface area contributed by atoms with Crippen molar-refractivity contribution in [1.82, 2.24) is 5.32 Å². The number of carbonyl (C=O) groups excluding carboxylic acids is 2. The van der Waals surface area contributed by atoms with Gasteiger partial charge < -0.3 is 10.1 Å². The molecule has 0 bridgehead atoms. The minimum absolute atomic E-state index is 0.323. The predicted molar refractivity (Wildman–Crippen MR) is 106 cm³/mol. The molecular formula is C21H23NO3S. The van der Waals surface area contributed by atoms with Crippen LogP contribution in [0, 0.1) is 6.92 Å². The maximum absolute atomic E-state index is 12.0. The number of amides is 1. The van der Waals surface area contributed by atoms with Crippen molar-refractivity contribution < 1.29 is 14.3 Å². The SMILES string of the molecule is CSc1ccc(/C=C/C(=O)O[C@@H](C)C(=O)NCc2ccc(C)cc2)cc1. The van der Waals surface area contributed by atoms with Crippen LogP contribution < -0.4 is 5.32 Å². The number of rotatable bonds is 7. The van der Waals surface area contributed by atoms with Crippen LogP contribution in [0.2, 0.25) is 0 Å². The van der Waals surface area contributed by atoms with Crippen molar-refractivity contribution in [2.24, 2.45) is 0 Å². The van der Waals surface area contributed by atoms with E-state index in [9.17, 15) is 9.59 Å². The second-order valence-electron chi connectivity index (χ2n) is 5.89. The summed E-state index contributed by atoms with van der Waals surface area (Å²) in [6, 6.07) is 15.7. The van der Waals surface area contributed by atoms with Gasteiger partial charge in [0.25, 0.3) is 5.91 Å². The minimum Gasteiger partial charge on any atom is -0.449 e. The molecule has 0 radical (unpaired) electrons. The molecule has 1 amide bonds. The molecule has 2 rings (SSSR count). The van der Waals surface area contributed by atoms with E-state index in [0.717, 1.165) is 21.6 Å². The summed E-state index contributed by atoms with van der Waals surface area (Å²) in [5.74, 6) is -0.867. The first-order valence-corrected chi connectivity index (χ1v) is 9.56. The highest BCUT2D eigenvalue weighted by Crippen LogP contribution is 2.15. The summed E-state index contributed by atoms with van der Waals surface area (Å²) in [7, 11) is 0. The molecule has 1 N–H and O–H groups in total. The molecule has 0 spiro atoms. The number of thioether (sulfide) groups is 1. The second kappa shape index (κ2) is 9.82. The highest BCUT2D eigenvalue weighted by molar-refractivity contribution is 7.98. The second-order valence-corrected chi connectivity index (χ2v) is 6.77. The van der Waals surface area contributed by atoms with Gasteiger partial charge >= 0.3 is 5.97 Å². The normalized spacial score (nSPS) is 12.0. The molecule has 26 heavy (non-hydrogen) atoms. The fraction of sp³-hybridized carbons (Fsp3) is 0.238. The van der Waals surface area contributed by atoms with Crippen LogP contribution in [0.25, 0.3) is 6.08 Å². The largest absolute Gasteiger partial charge is 0.449 e. The number of aryl methyl sites for hydroxylation is 1. The summed E-state index contributed by atoms with van der Waals surface area (Å²) in [5, 5.41) is 2.77. The van der Waals surface area contributed by atoms with E-state index >= 15 is 0 Å². The van der Waals surface area contributed by atoms with Crippen LogP contribution in [0.3, 0.4) is 0 Å². The summed E-state index contributed by atoms with van der Waals surface area (Å²) >= 11 is 1.66. The average Bonchev–Trinajstić information content (AvgIpc) is 2.66. The zero-order valence-corrected chi connectivity index (χ0v) is 16.0. The third-order valence-corrected chi connectivity index (χ3v) is 4.52. The maximum Gasteiger partial charge on any atom is 0.331 e. The molecule has 0 fully saturated rings. The Balaban J connectivity index is 1.80. The van der Waals surface area contributed by atoms with Gasteiger partial charge in [0.2, 0.25) is 0 Å². The van der Waals surface area contributed by atoms with Crippen molar-refractivity contribution in [3.63, 3.8) is 0 Å². The van der Waals surface area contributed by atoms with E-state index in [1.807, 2.05) is 61.7 Å². The summed E-state index contributed by atoms with van der Waals surface area (Å²) in [6.07, 6.45) is 4.16. The Morgan fingerprint density at radius 2 is 1.77 bits per heavy atom. The molecule has 0 aliphatic heterocycles. The molecule has 0 saturated carbocycles. The number of ether oxygens (including phenoxy) is 1. The lowest BCUT2D eigenvalue weighted by Crippen LogP contribution is -2.35. The number of nitrogens with one attached hydrogen (secondary N) is 1. The lowest BCUT2D eigenvalue weighted by Gasteiger charge is -2.12. The highest BCUT2D eigenvalue weighted by atomic mass is 32.2. The van der Waals surface area contributed by atoms with Gasteiger partial charge in [-0.25, -0.2) is 4.79 Å². The van der Waals surface area contributed by atoms with E-state index in [1.165, 1.54) is 6.08 Å². The van der Waals surface area contributed by atoms with Crippen molar-refractivity contribution in [2.45, 2.75) is 31.4 Å². The quantitative estimate of drug-likeness (QED) is 0.456. The van der Waals surface area contributed by atoms with Crippen LogP contribution in [0.5, 0.6) is 0 Å². The fourth-order valence-corrected chi connectivity index (χ4v) is 2.59. The van der Waals surface area contributed by atoms with Crippen molar-refractivity contribution in [2.75, 3.05) is 6.26 Å². The van der Waals surface area contributed by atoms with Crippen LogP contribution in [0.1, 0.15) is 23.6 Å². The van der Waals surface area contributed by atoms with Crippen LogP contribution in [-0.4, -0.2) is 24.2 Å². The molecule has 0 heterocycles. The Kier molecular flexibility index (Phi) is 7.48. The van der Waals surface area contributed by atoms with Gasteiger partial charge in [-0.3, -0.25) is 4.79 Å². The maximum atomic E-state index is 12.0. The summed E-state index contributed by atoms with van der Waals surface area (Å²) in [5.41, 5.74) is 3.06. The van der Waals surface area contributed by atoms with Gasteiger partial charge in [0.05, 0.1) is 0 Å². The molecule has 0 aliphatic rings. The number of hydrogen-bond acceptors (Lipinski definition) is 4. The number of esters is 1. The number of carbonyl (C=O) groups is 2. The molecule has 0 aromatic heterocycles. The van der Waals surface area contributed by atoms with Crippen molar-refractivity contribution in [3.8, 4) is 0 Å². The number of benzene rings is 2. The third kappa shape index (κ3) is 6.41. The summed E-state index contributed by atoms with van der Waals surface area (Å²) in [6.45, 7) is 3.97. The fourth-order valence-electron chi connectivity index (χ4n) is 2.19. The van der Waals surface area contributed by atoms with Crippen LogP contribution in [0.4, 0.5) is 0 Å². The lowest BCUT2D eigenvalue weighted by molar-refractivity contribution is -0.150. The molecule has 136 valence electrons. The van der Waals surface area contributed by atoms with E-state index < -0.39 is 12.1 Å². The van der Waals surface area contributed by atoms with Gasteiger partial charge in [0, 0.05) is 17.5 Å². The molecule has 2 aromatic carbocycles. The molecule has 0 saturated heterocycles. The summed E-state index contributed by atoms with van der Waals surface area (Å²) in [4.78, 5) is 25.1. The lowest BCUT2D eigenvalue weighted by atomic mass is 10.1. The van der Waals surface area contributed by atoms with Crippen molar-refractivity contribution in [3.05, 3.63) is 71.3 Å². The van der Waals surface area contributed by atoms with E-state index in [1.54, 1.807) is 24.8 Å². The third-order valence-electron chi connectivity index (χ3n) is 3.78. The molecule has 2 aromatic rings. The topological polar surface area (TPSA) is 55.4 Å². The standard InChI is InChI=1S/C21H23NO3S/c1-15-4-6-18(7-5-15)14-22-21(24)16(2)25-20(23)13-10-17-8-11-19(26-3)12-9-17/h4-13,16H,14H2,1-3H3,(H,22,24)/b13-10+/t16-/m0/s1. The Morgan fingerprint density at radius 3 is 2.38 bits per heavy atom. The average molecular weight is 369 g/mol. The van der Waals surface area contributed by atoms with Crippen molar-refractivity contribution in [1.29, 1.82) is 0 Å². The van der Waals surface area contributed by atoms with Crippen LogP contribution in [-0.2, 0) is 20.9 Å². The first kappa shape index (κ1) is 19.8. The molecule has 0 aliphatic carbocycles. The van der Waals surface area contributed by atoms with Gasteiger partial charge in [-0.2, -0.15) is 0 Å². The van der Waals surface area contributed by atoms with Gasteiger partial charge in [-0.05, 0) is 49.4 Å².